The number of nitrogens with two attached hydrogens (primary N) is 1. The number of allylic oxidation sites excluding steroid dienone is 4. The molecule has 0 aromatic heterocycles. The first kappa shape index (κ1) is 51.6. The number of unbranched alkanes of at least 4 members (excludes halogenated alkanes) is 23. The Morgan fingerprint density at radius 2 is 0.963 bits per heavy atom. The van der Waals surface area contributed by atoms with Crippen LogP contribution in [0.25, 0.3) is 0 Å². The molecule has 0 saturated heterocycles. The average Bonchev–Trinajstić information content (AvgIpc) is 3.15. The van der Waals surface area contributed by atoms with Crippen LogP contribution in [0.1, 0.15) is 213 Å². The molecule has 0 aliphatic rings. The standard InChI is InChI=1S/C45H87N5O4/c1-3-5-7-9-11-13-15-17-19-21-23-25-27-29-31-33-36-40(35-32-30-28-26-24-22-20-18-16-14-12-10-8-6-4-2)49-41(37-34-38-48-45(46)47)43(52)50-42(39-51)44(53)54/h17-20,40-42,49,51H,3-16,21-39H2,1-2H3,(H,50,52)(H,53,54)(H4,46,47,48)/b19-17-,20-18-/t40?,41-,42-/m0/s1. The maximum Gasteiger partial charge on any atom is 0.328 e. The molecule has 1 unspecified atom stereocenters. The monoisotopic (exact) mass is 762 g/mol. The molecule has 8 N–H and O–H groups in total. The molecule has 0 spiro atoms. The molecule has 9 heteroatoms. The molecule has 9 nitrogen and oxygen atoms in total. The molecule has 0 aromatic carbocycles. The van der Waals surface area contributed by atoms with Gasteiger partial charge in [0.1, 0.15) is 6.04 Å². The second-order valence-corrected chi connectivity index (χ2v) is 15.6. The first-order valence-corrected chi connectivity index (χ1v) is 22.6. The highest BCUT2D eigenvalue weighted by Gasteiger charge is 2.26. The van der Waals surface area contributed by atoms with Gasteiger partial charge in [0.2, 0.25) is 5.91 Å². The van der Waals surface area contributed by atoms with Gasteiger partial charge in [-0.2, -0.15) is 0 Å². The van der Waals surface area contributed by atoms with Crippen molar-refractivity contribution in [1.82, 2.24) is 16.0 Å². The molecule has 0 heterocycles. The zero-order chi connectivity index (χ0) is 39.7. The quantitative estimate of drug-likeness (QED) is 0.0141. The van der Waals surface area contributed by atoms with Gasteiger partial charge in [0.15, 0.2) is 5.96 Å². The van der Waals surface area contributed by atoms with Gasteiger partial charge in [0, 0.05) is 12.6 Å². The minimum Gasteiger partial charge on any atom is -0.480 e. The molecule has 3 atom stereocenters. The van der Waals surface area contributed by atoms with E-state index in [1.54, 1.807) is 0 Å². The summed E-state index contributed by atoms with van der Waals surface area (Å²) >= 11 is 0. The summed E-state index contributed by atoms with van der Waals surface area (Å²) in [5.74, 6) is -1.77. The number of guanidine groups is 1. The summed E-state index contributed by atoms with van der Waals surface area (Å²) in [6.07, 6.45) is 46.7. The molecular weight excluding hydrogens is 675 g/mol. The lowest BCUT2D eigenvalue weighted by atomic mass is 9.98. The third-order valence-corrected chi connectivity index (χ3v) is 10.4. The maximum atomic E-state index is 13.3. The lowest BCUT2D eigenvalue weighted by Crippen LogP contribution is -2.53. The summed E-state index contributed by atoms with van der Waals surface area (Å²) < 4.78 is 0. The van der Waals surface area contributed by atoms with E-state index in [4.69, 9.17) is 11.1 Å². The van der Waals surface area contributed by atoms with Crippen LogP contribution in [-0.4, -0.2) is 59.3 Å². The Morgan fingerprint density at radius 1 is 0.574 bits per heavy atom. The Balaban J connectivity index is 4.78. The van der Waals surface area contributed by atoms with Crippen LogP contribution >= 0.6 is 0 Å². The fourth-order valence-corrected chi connectivity index (χ4v) is 6.97. The normalized spacial score (nSPS) is 13.4. The predicted molar refractivity (Wildman–Crippen MR) is 230 cm³/mol. The van der Waals surface area contributed by atoms with E-state index in [-0.39, 0.29) is 12.0 Å². The molecule has 0 saturated carbocycles. The third-order valence-electron chi connectivity index (χ3n) is 10.4. The molecule has 0 bridgehead atoms. The first-order chi connectivity index (χ1) is 26.3. The van der Waals surface area contributed by atoms with Gasteiger partial charge in [-0.05, 0) is 77.0 Å². The topological polar surface area (TPSA) is 161 Å². The van der Waals surface area contributed by atoms with E-state index in [0.717, 1.165) is 38.5 Å². The molecule has 0 rings (SSSR count). The number of carbonyl (C=O) groups excluding carboxylic acids is 1. The summed E-state index contributed by atoms with van der Waals surface area (Å²) in [5.41, 5.74) is 5.44. The van der Waals surface area contributed by atoms with Crippen LogP contribution in [0, 0.1) is 5.41 Å². The number of carboxylic acids is 1. The lowest BCUT2D eigenvalue weighted by Gasteiger charge is -2.27. The van der Waals surface area contributed by atoms with Crippen molar-refractivity contribution in [1.29, 1.82) is 5.41 Å². The Bertz CT molecular complexity index is 928. The number of aliphatic hydroxyl groups is 1. The van der Waals surface area contributed by atoms with Gasteiger partial charge < -0.3 is 31.9 Å². The van der Waals surface area contributed by atoms with Crippen LogP contribution < -0.4 is 21.7 Å². The van der Waals surface area contributed by atoms with Crippen LogP contribution in [0.5, 0.6) is 0 Å². The molecule has 0 aliphatic heterocycles. The number of hydrogen-bond donors (Lipinski definition) is 7. The summed E-state index contributed by atoms with van der Waals surface area (Å²) in [5, 5.41) is 35.3. The van der Waals surface area contributed by atoms with Crippen LogP contribution in [0.15, 0.2) is 24.3 Å². The van der Waals surface area contributed by atoms with E-state index in [2.05, 4.69) is 54.1 Å². The number of hydrogen-bond acceptors (Lipinski definition) is 5. The van der Waals surface area contributed by atoms with Crippen molar-refractivity contribution in [3.63, 3.8) is 0 Å². The first-order valence-electron chi connectivity index (χ1n) is 22.6. The average molecular weight is 762 g/mol. The van der Waals surface area contributed by atoms with Crippen LogP contribution in [0.3, 0.4) is 0 Å². The summed E-state index contributed by atoms with van der Waals surface area (Å²) in [4.78, 5) is 24.8. The second kappa shape index (κ2) is 40.3. The summed E-state index contributed by atoms with van der Waals surface area (Å²) in [7, 11) is 0. The van der Waals surface area contributed by atoms with Crippen molar-refractivity contribution in [3.05, 3.63) is 24.3 Å². The van der Waals surface area contributed by atoms with Crippen molar-refractivity contribution < 1.29 is 19.8 Å². The molecule has 0 aromatic rings. The highest BCUT2D eigenvalue weighted by atomic mass is 16.4. The Kier molecular flexibility index (Phi) is 38.5. The van der Waals surface area contributed by atoms with E-state index < -0.39 is 30.6 Å². The summed E-state index contributed by atoms with van der Waals surface area (Å²) in [6.45, 7) is 4.33. The van der Waals surface area contributed by atoms with E-state index >= 15 is 0 Å². The largest absolute Gasteiger partial charge is 0.480 e. The van der Waals surface area contributed by atoms with Gasteiger partial charge in [0.25, 0.3) is 0 Å². The van der Waals surface area contributed by atoms with E-state index in [1.165, 1.54) is 148 Å². The molecule has 316 valence electrons. The Morgan fingerprint density at radius 3 is 1.33 bits per heavy atom. The smallest absolute Gasteiger partial charge is 0.328 e. The van der Waals surface area contributed by atoms with Crippen molar-refractivity contribution in [2.45, 2.75) is 231 Å². The highest BCUT2D eigenvalue weighted by Crippen LogP contribution is 2.17. The van der Waals surface area contributed by atoms with Crippen molar-refractivity contribution in [2.75, 3.05) is 13.2 Å². The SMILES string of the molecule is CCCCCCCC/C=C\CCCCCCCCC(CCCCCCC/C=C\CCCCCCCC)N[C@@H](CCCNC(=N)N)C(=O)N[C@@H](CO)C(=O)O. The van der Waals surface area contributed by atoms with Gasteiger partial charge >= 0.3 is 5.97 Å². The zero-order valence-electron chi connectivity index (χ0n) is 35.2. The van der Waals surface area contributed by atoms with Crippen LogP contribution in [-0.2, 0) is 9.59 Å². The van der Waals surface area contributed by atoms with Crippen molar-refractivity contribution >= 4 is 17.8 Å². The highest BCUT2D eigenvalue weighted by molar-refractivity contribution is 5.87. The molecule has 1 amide bonds. The number of aliphatic carboxylic acids is 1. The zero-order valence-corrected chi connectivity index (χ0v) is 35.2. The van der Waals surface area contributed by atoms with Gasteiger partial charge in [-0.1, -0.05) is 160 Å². The number of nitrogens with one attached hydrogen (secondary N) is 4. The number of amides is 1. The lowest BCUT2D eigenvalue weighted by molar-refractivity contribution is -0.143. The van der Waals surface area contributed by atoms with Gasteiger partial charge in [-0.3, -0.25) is 10.2 Å². The molecule has 0 fully saturated rings. The van der Waals surface area contributed by atoms with Crippen molar-refractivity contribution in [2.24, 2.45) is 5.73 Å². The molecule has 54 heavy (non-hydrogen) atoms. The number of rotatable bonds is 41. The van der Waals surface area contributed by atoms with Crippen LogP contribution in [0.2, 0.25) is 0 Å². The van der Waals surface area contributed by atoms with Crippen LogP contribution in [0.4, 0.5) is 0 Å². The minimum atomic E-state index is -1.34. The molecule has 0 aliphatic carbocycles. The Hall–Kier alpha value is -2.39. The fourth-order valence-electron chi connectivity index (χ4n) is 6.97. The predicted octanol–water partition coefficient (Wildman–Crippen LogP) is 10.6. The third kappa shape index (κ3) is 35.3. The van der Waals surface area contributed by atoms with Gasteiger partial charge in [-0.25, -0.2) is 4.79 Å². The minimum absolute atomic E-state index is 0.114. The number of carboxylic acid groups (broad SMARTS) is 1. The number of carbonyl (C=O) groups is 2. The maximum absolute atomic E-state index is 13.3. The molecular formula is C45H87N5O4. The van der Waals surface area contributed by atoms with Gasteiger partial charge in [-0.15, -0.1) is 0 Å². The van der Waals surface area contributed by atoms with E-state index in [1.807, 2.05) is 0 Å². The molecule has 0 radical (unpaired) electrons. The van der Waals surface area contributed by atoms with Gasteiger partial charge in [0.05, 0.1) is 12.6 Å². The summed E-state index contributed by atoms with van der Waals surface area (Å²) in [6, 6.07) is -1.77. The second-order valence-electron chi connectivity index (χ2n) is 15.6. The number of aliphatic hydroxyl groups excluding tert-OH is 1. The van der Waals surface area contributed by atoms with E-state index in [0.29, 0.717) is 19.4 Å². The van der Waals surface area contributed by atoms with Crippen molar-refractivity contribution in [3.8, 4) is 0 Å². The Labute approximate surface area is 332 Å². The van der Waals surface area contributed by atoms with E-state index in [9.17, 15) is 19.8 Å². The fraction of sp³-hybridized carbons (Fsp3) is 0.844.